The molecule has 1 unspecified atom stereocenters. The molecule has 1 aromatic carbocycles. The molecular weight excluding hydrogens is 374 g/mol. The van der Waals surface area contributed by atoms with E-state index in [9.17, 15) is 14.4 Å². The predicted octanol–water partition coefficient (Wildman–Crippen LogP) is 1.71. The standard InChI is InChI=1S/C21H19N3O5/c1-28-17(25)9-16(19(26)29-2)23-14-6-5-12-10-21(11-13(12)8-14)15-4-3-7-22-18(15)24-20(21)27/h3-9,23H,10-11H2,1-2H3,(H,22,24,27)/b16-9+. The summed E-state index contributed by atoms with van der Waals surface area (Å²) in [5, 5.41) is 5.78. The van der Waals surface area contributed by atoms with Crippen LogP contribution < -0.4 is 10.6 Å². The maximum atomic E-state index is 12.8. The molecule has 0 bridgehead atoms. The number of nitrogens with one attached hydrogen (secondary N) is 2. The summed E-state index contributed by atoms with van der Waals surface area (Å²) >= 11 is 0. The fourth-order valence-corrected chi connectivity index (χ4v) is 3.93. The van der Waals surface area contributed by atoms with Crippen LogP contribution in [0.3, 0.4) is 0 Å². The molecule has 1 spiro atoms. The third kappa shape index (κ3) is 3.12. The molecule has 1 amide bonds. The van der Waals surface area contributed by atoms with Gasteiger partial charge < -0.3 is 20.1 Å². The molecule has 2 N–H and O–H groups in total. The van der Waals surface area contributed by atoms with E-state index in [-0.39, 0.29) is 11.6 Å². The number of hydrogen-bond donors (Lipinski definition) is 2. The SMILES string of the molecule is COC(=O)/C=C(/Nc1ccc2c(c1)CC1(C2)C(=O)Nc2ncccc21)C(=O)OC. The number of pyridine rings is 1. The molecule has 29 heavy (non-hydrogen) atoms. The van der Waals surface area contributed by atoms with Gasteiger partial charge in [0.2, 0.25) is 5.91 Å². The van der Waals surface area contributed by atoms with Crippen LogP contribution in [0.25, 0.3) is 0 Å². The lowest BCUT2D eigenvalue weighted by atomic mass is 9.79. The summed E-state index contributed by atoms with van der Waals surface area (Å²) in [7, 11) is 2.45. The fourth-order valence-electron chi connectivity index (χ4n) is 3.93. The smallest absolute Gasteiger partial charge is 0.354 e. The molecule has 0 saturated heterocycles. The highest BCUT2D eigenvalue weighted by atomic mass is 16.5. The molecule has 8 heteroatoms. The van der Waals surface area contributed by atoms with Crippen LogP contribution in [-0.2, 0) is 42.1 Å². The number of rotatable bonds is 4. The molecule has 2 aliphatic rings. The van der Waals surface area contributed by atoms with Gasteiger partial charge in [-0.15, -0.1) is 0 Å². The Morgan fingerprint density at radius 2 is 1.97 bits per heavy atom. The molecular formula is C21H19N3O5. The highest BCUT2D eigenvalue weighted by Crippen LogP contribution is 2.46. The number of benzene rings is 1. The maximum Gasteiger partial charge on any atom is 0.354 e. The molecule has 0 radical (unpaired) electrons. The van der Waals surface area contributed by atoms with Crippen molar-refractivity contribution in [2.45, 2.75) is 18.3 Å². The van der Waals surface area contributed by atoms with E-state index in [1.807, 2.05) is 24.3 Å². The summed E-state index contributed by atoms with van der Waals surface area (Å²) in [5.74, 6) is -0.817. The normalized spacial score (nSPS) is 19.4. The van der Waals surface area contributed by atoms with Crippen molar-refractivity contribution in [1.29, 1.82) is 0 Å². The van der Waals surface area contributed by atoms with Crippen LogP contribution in [0, 0.1) is 0 Å². The quantitative estimate of drug-likeness (QED) is 0.602. The van der Waals surface area contributed by atoms with Gasteiger partial charge in [0, 0.05) is 17.4 Å². The van der Waals surface area contributed by atoms with E-state index in [0.717, 1.165) is 22.8 Å². The number of ether oxygens (including phenoxy) is 2. The number of fused-ring (bicyclic) bond motifs is 3. The predicted molar refractivity (Wildman–Crippen MR) is 104 cm³/mol. The zero-order valence-electron chi connectivity index (χ0n) is 15.9. The van der Waals surface area contributed by atoms with Gasteiger partial charge in [0.1, 0.15) is 11.5 Å². The van der Waals surface area contributed by atoms with E-state index in [2.05, 4.69) is 20.4 Å². The second kappa shape index (κ2) is 7.05. The largest absolute Gasteiger partial charge is 0.466 e. The molecule has 0 saturated carbocycles. The number of aromatic nitrogens is 1. The first kappa shape index (κ1) is 18.7. The molecule has 1 aromatic heterocycles. The number of nitrogens with zero attached hydrogens (tertiary/aromatic N) is 1. The topological polar surface area (TPSA) is 107 Å². The molecule has 0 fully saturated rings. The van der Waals surface area contributed by atoms with Crippen LogP contribution in [-0.4, -0.2) is 37.0 Å². The van der Waals surface area contributed by atoms with Gasteiger partial charge in [-0.1, -0.05) is 12.1 Å². The molecule has 1 atom stereocenters. The summed E-state index contributed by atoms with van der Waals surface area (Å²) in [4.78, 5) is 40.6. The van der Waals surface area contributed by atoms with Crippen molar-refractivity contribution in [3.8, 4) is 0 Å². The van der Waals surface area contributed by atoms with E-state index in [1.54, 1.807) is 12.3 Å². The van der Waals surface area contributed by atoms with Crippen LogP contribution in [0.1, 0.15) is 16.7 Å². The van der Waals surface area contributed by atoms with Crippen molar-refractivity contribution < 1.29 is 23.9 Å². The fraction of sp³-hybridized carbons (Fsp3) is 0.238. The Kier molecular flexibility index (Phi) is 4.54. The average molecular weight is 393 g/mol. The molecule has 148 valence electrons. The van der Waals surface area contributed by atoms with Crippen molar-refractivity contribution in [2.75, 3.05) is 24.9 Å². The number of carbonyl (C=O) groups is 3. The van der Waals surface area contributed by atoms with E-state index in [4.69, 9.17) is 4.74 Å². The molecule has 2 heterocycles. The average Bonchev–Trinajstić information content (AvgIpc) is 3.24. The second-order valence-corrected chi connectivity index (χ2v) is 6.97. The molecule has 1 aliphatic heterocycles. The third-order valence-corrected chi connectivity index (χ3v) is 5.33. The van der Waals surface area contributed by atoms with Gasteiger partial charge in [0.25, 0.3) is 0 Å². The van der Waals surface area contributed by atoms with Crippen LogP contribution in [0.2, 0.25) is 0 Å². The first-order chi connectivity index (χ1) is 14.0. The van der Waals surface area contributed by atoms with Crippen molar-refractivity contribution in [2.24, 2.45) is 0 Å². The minimum atomic E-state index is -0.692. The summed E-state index contributed by atoms with van der Waals surface area (Å²) in [5.41, 5.74) is 2.84. The Labute approximate surface area is 166 Å². The van der Waals surface area contributed by atoms with Gasteiger partial charge in [-0.2, -0.15) is 0 Å². The maximum absolute atomic E-state index is 12.8. The Morgan fingerprint density at radius 3 is 2.72 bits per heavy atom. The number of methoxy groups -OCH3 is 2. The first-order valence-electron chi connectivity index (χ1n) is 9.00. The van der Waals surface area contributed by atoms with Crippen molar-refractivity contribution in [1.82, 2.24) is 4.98 Å². The number of amides is 1. The lowest BCUT2D eigenvalue weighted by Crippen LogP contribution is -2.35. The number of carbonyl (C=O) groups excluding carboxylic acids is 3. The van der Waals surface area contributed by atoms with Gasteiger partial charge in [0.05, 0.1) is 25.7 Å². The lowest BCUT2D eigenvalue weighted by molar-refractivity contribution is -0.138. The number of esters is 2. The summed E-state index contributed by atoms with van der Waals surface area (Å²) in [6, 6.07) is 9.35. The summed E-state index contributed by atoms with van der Waals surface area (Å²) < 4.78 is 9.30. The van der Waals surface area contributed by atoms with Crippen LogP contribution in [0.5, 0.6) is 0 Å². The Balaban J connectivity index is 1.64. The van der Waals surface area contributed by atoms with Crippen molar-refractivity contribution >= 4 is 29.4 Å². The minimum absolute atomic E-state index is 0.0415. The van der Waals surface area contributed by atoms with Gasteiger partial charge >= 0.3 is 11.9 Å². The summed E-state index contributed by atoms with van der Waals surface area (Å²) in [6.07, 6.45) is 3.79. The van der Waals surface area contributed by atoms with Gasteiger partial charge in [-0.3, -0.25) is 4.79 Å². The molecule has 2 aromatic rings. The number of hydrogen-bond acceptors (Lipinski definition) is 7. The van der Waals surface area contributed by atoms with Gasteiger partial charge in [-0.25, -0.2) is 14.6 Å². The Bertz CT molecular complexity index is 1060. The van der Waals surface area contributed by atoms with Gasteiger partial charge in [0.15, 0.2) is 0 Å². The highest BCUT2D eigenvalue weighted by molar-refractivity contribution is 6.06. The van der Waals surface area contributed by atoms with E-state index < -0.39 is 17.4 Å². The van der Waals surface area contributed by atoms with Gasteiger partial charge in [-0.05, 0) is 42.2 Å². The van der Waals surface area contributed by atoms with Crippen molar-refractivity contribution in [3.63, 3.8) is 0 Å². The highest BCUT2D eigenvalue weighted by Gasteiger charge is 2.51. The zero-order chi connectivity index (χ0) is 20.6. The molecule has 1 aliphatic carbocycles. The van der Waals surface area contributed by atoms with E-state index in [1.165, 1.54) is 14.2 Å². The van der Waals surface area contributed by atoms with E-state index >= 15 is 0 Å². The second-order valence-electron chi connectivity index (χ2n) is 6.97. The molecule has 8 nitrogen and oxygen atoms in total. The summed E-state index contributed by atoms with van der Waals surface area (Å²) in [6.45, 7) is 0. The Hall–Kier alpha value is -3.68. The van der Waals surface area contributed by atoms with Crippen LogP contribution in [0.15, 0.2) is 48.3 Å². The lowest BCUT2D eigenvalue weighted by Gasteiger charge is -2.20. The Morgan fingerprint density at radius 1 is 1.17 bits per heavy atom. The van der Waals surface area contributed by atoms with Crippen molar-refractivity contribution in [3.05, 3.63) is 65.0 Å². The third-order valence-electron chi connectivity index (χ3n) is 5.33. The van der Waals surface area contributed by atoms with Crippen LogP contribution in [0.4, 0.5) is 11.5 Å². The minimum Gasteiger partial charge on any atom is -0.466 e. The molecule has 4 rings (SSSR count). The monoisotopic (exact) mass is 393 g/mol. The number of anilines is 2. The van der Waals surface area contributed by atoms with Crippen LogP contribution >= 0.6 is 0 Å². The first-order valence-corrected chi connectivity index (χ1v) is 9.00. The zero-order valence-corrected chi connectivity index (χ0v) is 15.9. The van der Waals surface area contributed by atoms with E-state index in [0.29, 0.717) is 24.3 Å².